The van der Waals surface area contributed by atoms with Crippen LogP contribution in [0.4, 0.5) is 5.69 Å². The molecule has 0 aliphatic carbocycles. The third-order valence-electron chi connectivity index (χ3n) is 4.78. The Labute approximate surface area is 178 Å². The average molecular weight is 418 g/mol. The quantitative estimate of drug-likeness (QED) is 0.489. The van der Waals surface area contributed by atoms with Gasteiger partial charge in [0, 0.05) is 24.9 Å². The number of carbonyl (C=O) groups excluding carboxylic acids is 2. The summed E-state index contributed by atoms with van der Waals surface area (Å²) < 4.78 is 5.51. The number of unbranched alkanes of at least 4 members (excludes halogenated alkanes) is 1. The summed E-state index contributed by atoms with van der Waals surface area (Å²) in [7, 11) is 1.82. The molecular weight excluding hydrogens is 386 g/mol. The molecule has 1 unspecified atom stereocenters. The fourth-order valence-electron chi connectivity index (χ4n) is 3.03. The average Bonchev–Trinajstić information content (AvgIpc) is 2.68. The van der Waals surface area contributed by atoms with E-state index in [9.17, 15) is 9.59 Å². The number of nitrogens with one attached hydrogen (secondary N) is 2. The van der Waals surface area contributed by atoms with Gasteiger partial charge in [-0.2, -0.15) is 0 Å². The van der Waals surface area contributed by atoms with Crippen molar-refractivity contribution >= 4 is 34.9 Å². The van der Waals surface area contributed by atoms with E-state index in [1.807, 2.05) is 52.1 Å². The van der Waals surface area contributed by atoms with Crippen LogP contribution in [0.15, 0.2) is 35.5 Å². The van der Waals surface area contributed by atoms with Gasteiger partial charge in [-0.05, 0) is 49.2 Å². The van der Waals surface area contributed by atoms with Crippen LogP contribution in [0.1, 0.15) is 58.6 Å². The third-order valence-corrected chi connectivity index (χ3v) is 5.17. The second-order valence-corrected chi connectivity index (χ2v) is 8.10. The first-order valence-corrected chi connectivity index (χ1v) is 10.5. The lowest BCUT2D eigenvalue weighted by molar-refractivity contribution is -0.140. The number of hydrogen-bond donors (Lipinski definition) is 2. The number of carbonyl (C=O) groups is 2. The van der Waals surface area contributed by atoms with Crippen molar-refractivity contribution in [2.24, 2.45) is 5.92 Å². The van der Waals surface area contributed by atoms with Gasteiger partial charge >= 0.3 is 5.97 Å². The van der Waals surface area contributed by atoms with Gasteiger partial charge in [0.1, 0.15) is 0 Å². The van der Waals surface area contributed by atoms with Crippen LogP contribution < -0.4 is 10.6 Å². The maximum atomic E-state index is 12.9. The number of allylic oxidation sites excluding steroid dienone is 1. The van der Waals surface area contributed by atoms with Crippen molar-refractivity contribution in [1.82, 2.24) is 10.2 Å². The largest absolute Gasteiger partial charge is 0.462 e. The highest BCUT2D eigenvalue weighted by atomic mass is 32.1. The number of ether oxygens (including phenoxy) is 1. The molecule has 7 heteroatoms. The highest BCUT2D eigenvalue weighted by molar-refractivity contribution is 7.80. The van der Waals surface area contributed by atoms with Crippen LogP contribution >= 0.6 is 12.2 Å². The molecule has 0 fully saturated rings. The minimum absolute atomic E-state index is 0.0147. The van der Waals surface area contributed by atoms with E-state index in [-0.39, 0.29) is 17.8 Å². The summed E-state index contributed by atoms with van der Waals surface area (Å²) >= 11 is 5.44. The van der Waals surface area contributed by atoms with Crippen LogP contribution in [-0.2, 0) is 14.3 Å². The van der Waals surface area contributed by atoms with E-state index in [4.69, 9.17) is 17.0 Å². The normalized spacial score (nSPS) is 16.7. The number of amides is 1. The summed E-state index contributed by atoms with van der Waals surface area (Å²) in [6.45, 7) is 8.26. The zero-order valence-electron chi connectivity index (χ0n) is 17.9. The van der Waals surface area contributed by atoms with E-state index in [0.717, 1.165) is 24.1 Å². The summed E-state index contributed by atoms with van der Waals surface area (Å²) in [5, 5.41) is 6.69. The van der Waals surface area contributed by atoms with Gasteiger partial charge in [-0.3, -0.25) is 4.79 Å². The van der Waals surface area contributed by atoms with Crippen LogP contribution in [0.25, 0.3) is 0 Å². The minimum atomic E-state index is -0.439. The fraction of sp³-hybridized carbons (Fsp3) is 0.500. The number of benzene rings is 1. The molecule has 0 spiro atoms. The summed E-state index contributed by atoms with van der Waals surface area (Å²) in [5.41, 5.74) is 2.81. The highest BCUT2D eigenvalue weighted by Crippen LogP contribution is 2.32. The summed E-state index contributed by atoms with van der Waals surface area (Å²) in [6.07, 6.45) is 2.31. The Morgan fingerprint density at radius 3 is 2.72 bits per heavy atom. The van der Waals surface area contributed by atoms with E-state index in [2.05, 4.69) is 17.6 Å². The van der Waals surface area contributed by atoms with E-state index in [1.54, 1.807) is 4.90 Å². The van der Waals surface area contributed by atoms with Gasteiger partial charge in [-0.25, -0.2) is 4.79 Å². The number of rotatable bonds is 8. The molecule has 0 radical (unpaired) electrons. The molecule has 1 aromatic rings. The molecule has 0 aromatic heterocycles. The van der Waals surface area contributed by atoms with Gasteiger partial charge in [0.25, 0.3) is 0 Å². The second-order valence-electron chi connectivity index (χ2n) is 7.71. The lowest BCUT2D eigenvalue weighted by Gasteiger charge is -2.35. The Morgan fingerprint density at radius 1 is 1.34 bits per heavy atom. The molecule has 1 aromatic carbocycles. The number of nitrogens with zero attached hydrogens (tertiary/aromatic N) is 1. The monoisotopic (exact) mass is 417 g/mol. The van der Waals surface area contributed by atoms with Crippen molar-refractivity contribution in [3.8, 4) is 0 Å². The number of hydrogen-bond acceptors (Lipinski definition) is 4. The molecule has 158 valence electrons. The second kappa shape index (κ2) is 10.4. The lowest BCUT2D eigenvalue weighted by Crippen LogP contribution is -2.46. The van der Waals surface area contributed by atoms with E-state index >= 15 is 0 Å². The molecule has 6 nitrogen and oxygen atoms in total. The zero-order valence-corrected chi connectivity index (χ0v) is 18.7. The molecule has 1 aliphatic heterocycles. The minimum Gasteiger partial charge on any atom is -0.462 e. The third kappa shape index (κ3) is 6.03. The molecule has 2 N–H and O–H groups in total. The van der Waals surface area contributed by atoms with Crippen LogP contribution in [0.3, 0.4) is 0 Å². The van der Waals surface area contributed by atoms with Crippen molar-refractivity contribution in [1.29, 1.82) is 0 Å². The molecular formula is C22H31N3O3S. The standard InChI is InChI=1S/C22H31N3O3S/c1-6-7-11-18(26)23-17-10-8-9-16(12-17)20-19(21(27)28-13-14(2)3)15(4)25(5)22(29)24-20/h8-10,12,14,20H,6-7,11,13H2,1-5H3,(H,23,26)(H,24,29). The maximum Gasteiger partial charge on any atom is 0.338 e. The Morgan fingerprint density at radius 2 is 2.07 bits per heavy atom. The first-order chi connectivity index (χ1) is 13.7. The number of esters is 1. The van der Waals surface area contributed by atoms with E-state index in [1.165, 1.54) is 0 Å². The molecule has 29 heavy (non-hydrogen) atoms. The fourth-order valence-corrected chi connectivity index (χ4v) is 3.28. The first-order valence-electron chi connectivity index (χ1n) is 10.1. The van der Waals surface area contributed by atoms with Crippen molar-refractivity contribution in [2.45, 2.75) is 53.0 Å². The van der Waals surface area contributed by atoms with Crippen molar-refractivity contribution in [3.05, 3.63) is 41.1 Å². The van der Waals surface area contributed by atoms with Crippen molar-refractivity contribution in [3.63, 3.8) is 0 Å². The van der Waals surface area contributed by atoms with E-state index < -0.39 is 6.04 Å². The van der Waals surface area contributed by atoms with Gasteiger partial charge in [-0.15, -0.1) is 0 Å². The molecule has 0 bridgehead atoms. The van der Waals surface area contributed by atoms with Crippen molar-refractivity contribution < 1.29 is 14.3 Å². The zero-order chi connectivity index (χ0) is 21.6. The molecule has 2 rings (SSSR count). The Balaban J connectivity index is 2.32. The van der Waals surface area contributed by atoms with Crippen LogP contribution in [0, 0.1) is 5.92 Å². The van der Waals surface area contributed by atoms with Crippen LogP contribution in [-0.4, -0.2) is 35.5 Å². The van der Waals surface area contributed by atoms with Crippen LogP contribution in [0.5, 0.6) is 0 Å². The molecule has 1 atom stereocenters. The molecule has 1 aliphatic rings. The van der Waals surface area contributed by atoms with Gasteiger partial charge in [-0.1, -0.05) is 39.3 Å². The Bertz CT molecular complexity index is 804. The molecule has 1 heterocycles. The Kier molecular flexibility index (Phi) is 8.20. The van der Waals surface area contributed by atoms with Gasteiger partial charge in [0.05, 0.1) is 18.2 Å². The maximum absolute atomic E-state index is 12.9. The van der Waals surface area contributed by atoms with Crippen molar-refractivity contribution in [2.75, 3.05) is 19.0 Å². The summed E-state index contributed by atoms with van der Waals surface area (Å²) in [4.78, 5) is 26.7. The predicted octanol–water partition coefficient (Wildman–Crippen LogP) is 4.15. The molecule has 1 amide bonds. The Hall–Kier alpha value is -2.41. The van der Waals surface area contributed by atoms with E-state index in [0.29, 0.717) is 29.4 Å². The summed E-state index contributed by atoms with van der Waals surface area (Å²) in [6, 6.07) is 7.05. The molecule has 0 saturated heterocycles. The topological polar surface area (TPSA) is 70.7 Å². The SMILES string of the molecule is CCCCC(=O)Nc1cccc(C2NC(=S)N(C)C(C)=C2C(=O)OCC(C)C)c1. The van der Waals surface area contributed by atoms with Crippen LogP contribution in [0.2, 0.25) is 0 Å². The van der Waals surface area contributed by atoms with Gasteiger partial charge < -0.3 is 20.3 Å². The van der Waals surface area contributed by atoms with Gasteiger partial charge in [0.15, 0.2) is 5.11 Å². The number of anilines is 1. The summed E-state index contributed by atoms with van der Waals surface area (Å²) in [5.74, 6) is -0.130. The van der Waals surface area contributed by atoms with Gasteiger partial charge in [0.2, 0.25) is 5.91 Å². The lowest BCUT2D eigenvalue weighted by atomic mass is 9.94. The first kappa shape index (κ1) is 22.9. The smallest absolute Gasteiger partial charge is 0.338 e. The number of thiocarbonyl (C=S) groups is 1. The highest BCUT2D eigenvalue weighted by Gasteiger charge is 2.33. The predicted molar refractivity (Wildman–Crippen MR) is 119 cm³/mol. The molecule has 0 saturated carbocycles.